The van der Waals surface area contributed by atoms with Crippen LogP contribution in [0.4, 0.5) is 11.4 Å². The second-order valence-electron chi connectivity index (χ2n) is 4.85. The third-order valence-corrected chi connectivity index (χ3v) is 5.86. The molecule has 3 rings (SSSR count). The summed E-state index contributed by atoms with van der Waals surface area (Å²) in [4.78, 5) is 9.29. The average Bonchev–Trinajstić information content (AvgIpc) is 3.07. The summed E-state index contributed by atoms with van der Waals surface area (Å²) in [5.41, 5.74) is 8.30. The number of fused-ring (bicyclic) bond motifs is 1. The second-order valence-corrected chi connectivity index (χ2v) is 7.69. The molecule has 1 aromatic heterocycles. The van der Waals surface area contributed by atoms with E-state index in [9.17, 15) is 0 Å². The van der Waals surface area contributed by atoms with Crippen LogP contribution < -0.4 is 14.2 Å². The quantitative estimate of drug-likeness (QED) is 0.320. The number of nitrogens with one attached hydrogen (secondary N) is 1. The van der Waals surface area contributed by atoms with Gasteiger partial charge in [-0.05, 0) is 29.6 Å². The molecule has 1 aromatic carbocycles. The number of anilines is 1. The number of halogens is 1. The third kappa shape index (κ3) is 3.76. The van der Waals surface area contributed by atoms with Crippen LogP contribution in [-0.4, -0.2) is 31.2 Å². The van der Waals surface area contributed by atoms with Gasteiger partial charge in [-0.15, -0.1) is 23.1 Å². The minimum atomic E-state index is 0.585. The molecule has 116 valence electrons. The largest absolute Gasteiger partial charge is 0.383 e. The van der Waals surface area contributed by atoms with Crippen molar-refractivity contribution in [3.8, 4) is 0 Å². The molecule has 2 heterocycles. The first-order valence-corrected chi connectivity index (χ1v) is 9.95. The van der Waals surface area contributed by atoms with Gasteiger partial charge in [0.25, 0.3) is 0 Å². The number of rotatable bonds is 5. The van der Waals surface area contributed by atoms with Crippen molar-refractivity contribution in [1.29, 1.82) is 0 Å². The lowest BCUT2D eigenvalue weighted by Crippen LogP contribution is -2.33. The fourth-order valence-electron chi connectivity index (χ4n) is 2.36. The van der Waals surface area contributed by atoms with Crippen LogP contribution in [0.1, 0.15) is 4.88 Å². The smallest absolute Gasteiger partial charge is 0.141 e. The number of amidine groups is 1. The Bertz CT molecular complexity index is 658. The SMILES string of the molecule is NC(=Nc1ccc2c(c1)SCCN2CCNI)c1cccs1. The van der Waals surface area contributed by atoms with E-state index in [0.717, 1.165) is 36.0 Å². The highest BCUT2D eigenvalue weighted by Crippen LogP contribution is 2.37. The molecule has 0 radical (unpaired) electrons. The van der Waals surface area contributed by atoms with Gasteiger partial charge in [-0.1, -0.05) is 6.07 Å². The molecule has 22 heavy (non-hydrogen) atoms. The molecule has 0 saturated carbocycles. The molecule has 0 aliphatic carbocycles. The molecule has 0 amide bonds. The van der Waals surface area contributed by atoms with E-state index >= 15 is 0 Å². The normalized spacial score (nSPS) is 15.0. The number of nitrogens with zero attached hydrogens (tertiary/aromatic N) is 2. The maximum absolute atomic E-state index is 6.07. The minimum Gasteiger partial charge on any atom is -0.383 e. The van der Waals surface area contributed by atoms with Gasteiger partial charge in [-0.2, -0.15) is 0 Å². The van der Waals surface area contributed by atoms with E-state index in [1.54, 1.807) is 11.3 Å². The van der Waals surface area contributed by atoms with Crippen LogP contribution in [0.5, 0.6) is 0 Å². The number of benzene rings is 1. The Balaban J connectivity index is 1.83. The van der Waals surface area contributed by atoms with Crippen molar-refractivity contribution in [3.63, 3.8) is 0 Å². The first-order chi connectivity index (χ1) is 10.8. The highest BCUT2D eigenvalue weighted by atomic mass is 127. The third-order valence-electron chi connectivity index (χ3n) is 3.40. The molecule has 0 atom stereocenters. The number of hydrogen-bond acceptors (Lipinski definition) is 5. The molecule has 2 aromatic rings. The molecule has 1 aliphatic heterocycles. The van der Waals surface area contributed by atoms with Crippen LogP contribution in [0.15, 0.2) is 45.6 Å². The number of thioether (sulfide) groups is 1. The highest BCUT2D eigenvalue weighted by molar-refractivity contribution is 14.1. The Morgan fingerprint density at radius 2 is 2.32 bits per heavy atom. The lowest BCUT2D eigenvalue weighted by Gasteiger charge is -2.30. The zero-order valence-electron chi connectivity index (χ0n) is 12.0. The molecule has 0 fully saturated rings. The predicted molar refractivity (Wildman–Crippen MR) is 106 cm³/mol. The average molecular weight is 444 g/mol. The van der Waals surface area contributed by atoms with Gasteiger partial charge in [-0.3, -0.25) is 3.53 Å². The summed E-state index contributed by atoms with van der Waals surface area (Å²) in [7, 11) is 0. The van der Waals surface area contributed by atoms with Crippen molar-refractivity contribution in [2.24, 2.45) is 10.7 Å². The molecular weight excluding hydrogens is 427 g/mol. The molecule has 0 bridgehead atoms. The fraction of sp³-hybridized carbons (Fsp3) is 0.267. The van der Waals surface area contributed by atoms with Crippen molar-refractivity contribution in [2.75, 3.05) is 30.3 Å². The van der Waals surface area contributed by atoms with Gasteiger partial charge < -0.3 is 10.6 Å². The van der Waals surface area contributed by atoms with Gasteiger partial charge in [0.15, 0.2) is 0 Å². The molecule has 0 unspecified atom stereocenters. The maximum atomic E-state index is 6.07. The lowest BCUT2D eigenvalue weighted by atomic mass is 10.2. The standard InChI is InChI=1S/C15H17IN4S2/c16-18-5-6-20-7-9-22-14-10-11(3-4-12(14)20)19-15(17)13-2-1-8-21-13/h1-4,8,10,18H,5-7,9H2,(H2,17,19). The Morgan fingerprint density at radius 3 is 3.09 bits per heavy atom. The summed E-state index contributed by atoms with van der Waals surface area (Å²) < 4.78 is 3.18. The number of aliphatic imine (C=N–C) groups is 1. The summed E-state index contributed by atoms with van der Waals surface area (Å²) in [5, 5.41) is 2.01. The van der Waals surface area contributed by atoms with Crippen molar-refractivity contribution >= 4 is 63.2 Å². The van der Waals surface area contributed by atoms with Crippen molar-refractivity contribution in [3.05, 3.63) is 40.6 Å². The van der Waals surface area contributed by atoms with Gasteiger partial charge in [-0.25, -0.2) is 4.99 Å². The van der Waals surface area contributed by atoms with Gasteiger partial charge in [0.2, 0.25) is 0 Å². The summed E-state index contributed by atoms with van der Waals surface area (Å²) in [6.07, 6.45) is 0. The van der Waals surface area contributed by atoms with Crippen molar-refractivity contribution < 1.29 is 0 Å². The molecule has 0 saturated heterocycles. The zero-order chi connectivity index (χ0) is 15.4. The predicted octanol–water partition coefficient (Wildman–Crippen LogP) is 3.64. The minimum absolute atomic E-state index is 0.585. The van der Waals surface area contributed by atoms with E-state index < -0.39 is 0 Å². The fourth-order valence-corrected chi connectivity index (χ4v) is 4.31. The van der Waals surface area contributed by atoms with E-state index in [4.69, 9.17) is 5.73 Å². The summed E-state index contributed by atoms with van der Waals surface area (Å²) in [6, 6.07) is 10.3. The van der Waals surface area contributed by atoms with Crippen LogP contribution in [0.25, 0.3) is 0 Å². The molecule has 4 nitrogen and oxygen atoms in total. The van der Waals surface area contributed by atoms with E-state index in [0.29, 0.717) is 5.84 Å². The van der Waals surface area contributed by atoms with Crippen LogP contribution in [0, 0.1) is 0 Å². The van der Waals surface area contributed by atoms with E-state index in [1.165, 1.54) is 10.6 Å². The highest BCUT2D eigenvalue weighted by Gasteiger charge is 2.17. The van der Waals surface area contributed by atoms with Crippen LogP contribution in [0.2, 0.25) is 0 Å². The van der Waals surface area contributed by atoms with E-state index in [2.05, 4.69) is 54.5 Å². The van der Waals surface area contributed by atoms with Gasteiger partial charge in [0.1, 0.15) is 5.84 Å². The number of nitrogens with two attached hydrogens (primary N) is 1. The first kappa shape index (κ1) is 16.1. The molecule has 1 aliphatic rings. The second kappa shape index (κ2) is 7.67. The van der Waals surface area contributed by atoms with Crippen molar-refractivity contribution in [2.45, 2.75) is 4.90 Å². The Hall–Kier alpha value is -0.770. The monoisotopic (exact) mass is 444 g/mol. The number of hydrogen-bond donors (Lipinski definition) is 2. The van der Waals surface area contributed by atoms with Gasteiger partial charge >= 0.3 is 0 Å². The van der Waals surface area contributed by atoms with Gasteiger partial charge in [0.05, 0.1) is 16.3 Å². The maximum Gasteiger partial charge on any atom is 0.141 e. The number of thiophene rings is 1. The molecule has 7 heteroatoms. The summed E-state index contributed by atoms with van der Waals surface area (Å²) >= 11 is 5.70. The Morgan fingerprint density at radius 1 is 1.41 bits per heavy atom. The molecular formula is C15H17IN4S2. The molecule has 3 N–H and O–H groups in total. The Labute approximate surface area is 152 Å². The lowest BCUT2D eigenvalue weighted by molar-refractivity contribution is 0.793. The Kier molecular flexibility index (Phi) is 5.61. The van der Waals surface area contributed by atoms with E-state index in [1.807, 2.05) is 29.3 Å². The van der Waals surface area contributed by atoms with Crippen LogP contribution in [0.3, 0.4) is 0 Å². The van der Waals surface area contributed by atoms with Crippen LogP contribution in [-0.2, 0) is 0 Å². The zero-order valence-corrected chi connectivity index (χ0v) is 15.7. The van der Waals surface area contributed by atoms with Crippen LogP contribution >= 0.6 is 46.0 Å². The van der Waals surface area contributed by atoms with Gasteiger partial charge in [0, 0.05) is 53.1 Å². The first-order valence-electron chi connectivity index (χ1n) is 7.01. The summed E-state index contributed by atoms with van der Waals surface area (Å²) in [5.74, 6) is 1.70. The topological polar surface area (TPSA) is 53.6 Å². The summed E-state index contributed by atoms with van der Waals surface area (Å²) in [6.45, 7) is 3.10. The van der Waals surface area contributed by atoms with Crippen molar-refractivity contribution in [1.82, 2.24) is 3.53 Å². The van der Waals surface area contributed by atoms with E-state index in [-0.39, 0.29) is 0 Å². The molecule has 0 spiro atoms.